The van der Waals surface area contributed by atoms with E-state index in [4.69, 9.17) is 9.47 Å². The van der Waals surface area contributed by atoms with E-state index in [-0.39, 0.29) is 12.1 Å². The third kappa shape index (κ3) is 3.13. The Labute approximate surface area is 142 Å². The van der Waals surface area contributed by atoms with Crippen LogP contribution in [-0.2, 0) is 18.4 Å². The lowest BCUT2D eigenvalue weighted by Crippen LogP contribution is -2.28. The van der Waals surface area contributed by atoms with E-state index in [0.717, 1.165) is 0 Å². The fourth-order valence-corrected chi connectivity index (χ4v) is 2.32. The zero-order chi connectivity index (χ0) is 18.0. The van der Waals surface area contributed by atoms with Gasteiger partial charge >= 0.3 is 0 Å². The van der Waals surface area contributed by atoms with E-state index in [0.29, 0.717) is 22.8 Å². The number of hydrogen-bond acceptors (Lipinski definition) is 7. The van der Waals surface area contributed by atoms with Gasteiger partial charge in [0.25, 0.3) is 5.56 Å². The van der Waals surface area contributed by atoms with Crippen LogP contribution >= 0.6 is 0 Å². The second kappa shape index (κ2) is 6.59. The third-order valence-electron chi connectivity index (χ3n) is 3.57. The number of rotatable bonds is 5. The zero-order valence-electron chi connectivity index (χ0n) is 13.9. The molecular formula is C15H16N6O4. The molecule has 0 spiro atoms. The lowest BCUT2D eigenvalue weighted by Gasteiger charge is -2.12. The molecule has 0 aliphatic heterocycles. The van der Waals surface area contributed by atoms with Crippen LogP contribution in [0, 0.1) is 0 Å². The smallest absolute Gasteiger partial charge is 0.283 e. The van der Waals surface area contributed by atoms with Gasteiger partial charge in [-0.15, -0.1) is 5.10 Å². The first-order valence-corrected chi connectivity index (χ1v) is 7.30. The van der Waals surface area contributed by atoms with E-state index < -0.39 is 11.5 Å². The molecule has 0 saturated carbocycles. The Morgan fingerprint density at radius 3 is 2.80 bits per heavy atom. The number of aryl methyl sites for hydroxylation is 1. The first-order valence-electron chi connectivity index (χ1n) is 7.30. The number of amides is 1. The molecule has 0 unspecified atom stereocenters. The summed E-state index contributed by atoms with van der Waals surface area (Å²) in [7, 11) is 4.65. The van der Waals surface area contributed by atoms with Crippen molar-refractivity contribution < 1.29 is 14.3 Å². The third-order valence-corrected chi connectivity index (χ3v) is 3.57. The van der Waals surface area contributed by atoms with E-state index in [9.17, 15) is 9.59 Å². The highest BCUT2D eigenvalue weighted by Crippen LogP contribution is 2.28. The number of nitrogens with one attached hydrogen (secondary N) is 1. The van der Waals surface area contributed by atoms with Crippen molar-refractivity contribution in [2.75, 3.05) is 19.5 Å². The molecule has 0 bridgehead atoms. The van der Waals surface area contributed by atoms with Gasteiger partial charge in [-0.1, -0.05) is 5.21 Å². The van der Waals surface area contributed by atoms with Gasteiger partial charge in [0.15, 0.2) is 11.2 Å². The Hall–Kier alpha value is -3.43. The van der Waals surface area contributed by atoms with Crippen LogP contribution in [0.2, 0.25) is 0 Å². The molecule has 10 heteroatoms. The van der Waals surface area contributed by atoms with Crippen molar-refractivity contribution in [3.63, 3.8) is 0 Å². The molecule has 1 N–H and O–H groups in total. The van der Waals surface area contributed by atoms with Gasteiger partial charge in [-0.3, -0.25) is 14.2 Å². The monoisotopic (exact) mass is 344 g/mol. The van der Waals surface area contributed by atoms with Gasteiger partial charge in [-0.2, -0.15) is 0 Å². The predicted molar refractivity (Wildman–Crippen MR) is 88.7 cm³/mol. The van der Waals surface area contributed by atoms with Crippen molar-refractivity contribution in [3.8, 4) is 11.5 Å². The Kier molecular flexibility index (Phi) is 4.33. The lowest BCUT2D eigenvalue weighted by molar-refractivity contribution is -0.116. The van der Waals surface area contributed by atoms with Gasteiger partial charge in [0.2, 0.25) is 5.91 Å². The normalized spacial score (nSPS) is 10.7. The summed E-state index contributed by atoms with van der Waals surface area (Å²) in [6.07, 6.45) is 1.29. The van der Waals surface area contributed by atoms with Gasteiger partial charge in [-0.05, 0) is 12.1 Å². The SMILES string of the molecule is COc1ccc(OC)c(NC(=O)Cn2cnc3c(nnn3C)c2=O)c1. The molecule has 0 aliphatic carbocycles. The summed E-state index contributed by atoms with van der Waals surface area (Å²) in [6, 6.07) is 5.02. The summed E-state index contributed by atoms with van der Waals surface area (Å²) < 4.78 is 12.9. The van der Waals surface area contributed by atoms with E-state index in [1.54, 1.807) is 25.2 Å². The highest BCUT2D eigenvalue weighted by molar-refractivity contribution is 5.92. The molecule has 1 amide bonds. The molecule has 130 valence electrons. The van der Waals surface area contributed by atoms with Crippen molar-refractivity contribution in [3.05, 3.63) is 34.9 Å². The van der Waals surface area contributed by atoms with Crippen LogP contribution < -0.4 is 20.3 Å². The van der Waals surface area contributed by atoms with Gasteiger partial charge in [-0.25, -0.2) is 9.67 Å². The average Bonchev–Trinajstić information content (AvgIpc) is 2.99. The Bertz CT molecular complexity index is 993. The van der Waals surface area contributed by atoms with Gasteiger partial charge in [0.05, 0.1) is 19.9 Å². The number of ether oxygens (including phenoxy) is 2. The van der Waals surface area contributed by atoms with Crippen LogP contribution in [0.15, 0.2) is 29.3 Å². The molecule has 0 radical (unpaired) electrons. The summed E-state index contributed by atoms with van der Waals surface area (Å²) in [5.74, 6) is 0.624. The maximum Gasteiger partial charge on any atom is 0.283 e. The number of nitrogens with zero attached hydrogens (tertiary/aromatic N) is 5. The minimum Gasteiger partial charge on any atom is -0.497 e. The molecule has 3 aromatic rings. The minimum absolute atomic E-state index is 0.108. The number of methoxy groups -OCH3 is 2. The number of fused-ring (bicyclic) bond motifs is 1. The molecule has 1 aromatic carbocycles. The standard InChI is InChI=1S/C15H16N6O4/c1-20-14-13(18-19-20)15(23)21(8-16-14)7-12(22)17-10-6-9(24-2)4-5-11(10)25-3/h4-6,8H,7H2,1-3H3,(H,17,22). The Morgan fingerprint density at radius 1 is 1.28 bits per heavy atom. The molecule has 10 nitrogen and oxygen atoms in total. The number of aromatic nitrogens is 5. The summed E-state index contributed by atoms with van der Waals surface area (Å²) >= 11 is 0. The minimum atomic E-state index is -0.439. The van der Waals surface area contributed by atoms with Crippen LogP contribution in [0.3, 0.4) is 0 Å². The number of hydrogen-bond donors (Lipinski definition) is 1. The zero-order valence-corrected chi connectivity index (χ0v) is 13.9. The first-order chi connectivity index (χ1) is 12.0. The van der Waals surface area contributed by atoms with Crippen molar-refractivity contribution in [2.45, 2.75) is 6.54 Å². The molecule has 0 saturated heterocycles. The van der Waals surface area contributed by atoms with E-state index in [1.165, 1.54) is 29.8 Å². The lowest BCUT2D eigenvalue weighted by atomic mass is 10.2. The topological polar surface area (TPSA) is 113 Å². The maximum atomic E-state index is 12.3. The average molecular weight is 344 g/mol. The van der Waals surface area contributed by atoms with Gasteiger partial charge in [0, 0.05) is 13.1 Å². The van der Waals surface area contributed by atoms with Crippen molar-refractivity contribution in [1.82, 2.24) is 24.5 Å². The fraction of sp³-hybridized carbons (Fsp3) is 0.267. The van der Waals surface area contributed by atoms with E-state index in [2.05, 4.69) is 20.6 Å². The summed E-state index contributed by atoms with van der Waals surface area (Å²) in [5, 5.41) is 10.2. The molecule has 2 aromatic heterocycles. The summed E-state index contributed by atoms with van der Waals surface area (Å²) in [5.41, 5.74) is 0.465. The van der Waals surface area contributed by atoms with Crippen molar-refractivity contribution >= 4 is 22.8 Å². The number of benzene rings is 1. The highest BCUT2D eigenvalue weighted by Gasteiger charge is 2.14. The van der Waals surface area contributed by atoms with Gasteiger partial charge in [0.1, 0.15) is 24.4 Å². The molecule has 0 fully saturated rings. The number of carbonyl (C=O) groups excluding carboxylic acids is 1. The highest BCUT2D eigenvalue weighted by atomic mass is 16.5. The fourth-order valence-electron chi connectivity index (χ4n) is 2.32. The van der Waals surface area contributed by atoms with Crippen molar-refractivity contribution in [2.24, 2.45) is 7.05 Å². The molecule has 0 atom stereocenters. The predicted octanol–water partition coefficient (Wildman–Crippen LogP) is 0.181. The molecule has 0 aliphatic rings. The molecule has 25 heavy (non-hydrogen) atoms. The second-order valence-electron chi connectivity index (χ2n) is 5.18. The van der Waals surface area contributed by atoms with Crippen molar-refractivity contribution in [1.29, 1.82) is 0 Å². The van der Waals surface area contributed by atoms with E-state index >= 15 is 0 Å². The Morgan fingerprint density at radius 2 is 2.08 bits per heavy atom. The van der Waals surface area contributed by atoms with Crippen LogP contribution in [-0.4, -0.2) is 44.7 Å². The van der Waals surface area contributed by atoms with Crippen LogP contribution in [0.4, 0.5) is 5.69 Å². The summed E-state index contributed by atoms with van der Waals surface area (Å²) in [6.45, 7) is -0.224. The van der Waals surface area contributed by atoms with Crippen LogP contribution in [0.1, 0.15) is 0 Å². The number of anilines is 1. The first kappa shape index (κ1) is 16.4. The largest absolute Gasteiger partial charge is 0.497 e. The molecule has 2 heterocycles. The van der Waals surface area contributed by atoms with Gasteiger partial charge < -0.3 is 14.8 Å². The summed E-state index contributed by atoms with van der Waals surface area (Å²) in [4.78, 5) is 28.7. The maximum absolute atomic E-state index is 12.3. The van der Waals surface area contributed by atoms with Crippen LogP contribution in [0.5, 0.6) is 11.5 Å². The molecular weight excluding hydrogens is 328 g/mol. The van der Waals surface area contributed by atoms with Crippen LogP contribution in [0.25, 0.3) is 11.2 Å². The quantitative estimate of drug-likeness (QED) is 0.702. The second-order valence-corrected chi connectivity index (χ2v) is 5.18. The van der Waals surface area contributed by atoms with E-state index in [1.807, 2.05) is 0 Å². The molecule has 3 rings (SSSR count). The Balaban J connectivity index is 1.84. The number of carbonyl (C=O) groups is 1.